The molecule has 0 saturated carbocycles. The maximum absolute atomic E-state index is 5.66. The lowest BCUT2D eigenvalue weighted by molar-refractivity contribution is 0.249. The first kappa shape index (κ1) is 16.1. The van der Waals surface area contributed by atoms with E-state index in [-0.39, 0.29) is 12.0 Å². The molecule has 0 aliphatic carbocycles. The first-order chi connectivity index (χ1) is 10.4. The summed E-state index contributed by atoms with van der Waals surface area (Å²) in [6, 6.07) is 7.44. The van der Waals surface area contributed by atoms with Crippen molar-refractivity contribution in [3.8, 4) is 11.5 Å². The van der Waals surface area contributed by atoms with Crippen molar-refractivity contribution in [2.45, 2.75) is 34.3 Å². The minimum atomic E-state index is 0.0720. The molecule has 22 heavy (non-hydrogen) atoms. The minimum Gasteiger partial charge on any atom is -0.493 e. The van der Waals surface area contributed by atoms with Gasteiger partial charge in [0.1, 0.15) is 0 Å². The fraction of sp³-hybridized carbons (Fsp3) is 0.412. The molecule has 5 heteroatoms. The van der Waals surface area contributed by atoms with Gasteiger partial charge in [-0.25, -0.2) is 0 Å². The third-order valence-corrected chi connectivity index (χ3v) is 3.43. The minimum absolute atomic E-state index is 0.0720. The second-order valence-corrected chi connectivity index (χ2v) is 6.05. The van der Waals surface area contributed by atoms with E-state index in [0.717, 1.165) is 0 Å². The Morgan fingerprint density at radius 2 is 1.86 bits per heavy atom. The zero-order valence-electron chi connectivity index (χ0n) is 13.7. The first-order valence-electron chi connectivity index (χ1n) is 7.17. The Morgan fingerprint density at radius 3 is 2.50 bits per heavy atom. The van der Waals surface area contributed by atoms with E-state index in [9.17, 15) is 0 Å². The van der Waals surface area contributed by atoms with Gasteiger partial charge >= 0.3 is 0 Å². The van der Waals surface area contributed by atoms with E-state index in [1.807, 2.05) is 30.3 Å². The number of rotatable bonds is 5. The highest BCUT2D eigenvalue weighted by Gasteiger charge is 2.14. The topological polar surface area (TPSA) is 57.4 Å². The Labute approximate surface area is 131 Å². The van der Waals surface area contributed by atoms with Crippen molar-refractivity contribution in [3.63, 3.8) is 0 Å². The molecule has 0 radical (unpaired) electrons. The Kier molecular flexibility index (Phi) is 4.85. The first-order valence-corrected chi connectivity index (χ1v) is 7.17. The summed E-state index contributed by atoms with van der Waals surface area (Å²) in [6.07, 6.45) is 1.90. The Balaban J connectivity index is 2.04. The third-order valence-electron chi connectivity index (χ3n) is 3.43. The molecule has 2 aromatic rings. The number of allylic oxidation sites excluding steroid dienone is 1. The van der Waals surface area contributed by atoms with Gasteiger partial charge in [-0.3, -0.25) is 0 Å². The van der Waals surface area contributed by atoms with Crippen LogP contribution in [0.3, 0.4) is 0 Å². The molecule has 1 heterocycles. The number of hydrogen-bond acceptors (Lipinski definition) is 5. The van der Waals surface area contributed by atoms with Crippen molar-refractivity contribution in [1.82, 2.24) is 10.2 Å². The molecular weight excluding hydrogens is 280 g/mol. The highest BCUT2D eigenvalue weighted by molar-refractivity contribution is 5.44. The molecule has 0 atom stereocenters. The summed E-state index contributed by atoms with van der Waals surface area (Å²) >= 11 is 0. The number of ether oxygens (including phenoxy) is 2. The SMILES string of the molecule is COc1ccccc1OCc1nnc(C=C(C)C(C)(C)C)o1. The lowest BCUT2D eigenvalue weighted by atomic mass is 9.87. The zero-order chi connectivity index (χ0) is 16.2. The van der Waals surface area contributed by atoms with Crippen molar-refractivity contribution in [1.29, 1.82) is 0 Å². The van der Waals surface area contributed by atoms with E-state index in [1.165, 1.54) is 5.57 Å². The summed E-state index contributed by atoms with van der Waals surface area (Å²) in [5.41, 5.74) is 1.25. The number of benzene rings is 1. The van der Waals surface area contributed by atoms with Crippen LogP contribution in [0, 0.1) is 5.41 Å². The standard InChI is InChI=1S/C17H22N2O3/c1-12(17(2,3)4)10-15-18-19-16(22-15)11-21-14-9-7-6-8-13(14)20-5/h6-10H,11H2,1-5H3. The highest BCUT2D eigenvalue weighted by atomic mass is 16.5. The number of nitrogens with zero attached hydrogens (tertiary/aromatic N) is 2. The summed E-state index contributed by atoms with van der Waals surface area (Å²) in [5, 5.41) is 8.02. The molecular formula is C17H22N2O3. The van der Waals surface area contributed by atoms with Crippen LogP contribution in [0.15, 0.2) is 34.3 Å². The summed E-state index contributed by atoms with van der Waals surface area (Å²) in [7, 11) is 1.60. The monoisotopic (exact) mass is 302 g/mol. The second-order valence-electron chi connectivity index (χ2n) is 6.05. The average Bonchev–Trinajstić information content (AvgIpc) is 2.92. The molecule has 0 aliphatic heterocycles. The molecule has 0 bridgehead atoms. The normalized spacial score (nSPS) is 12.3. The van der Waals surface area contributed by atoms with E-state index in [0.29, 0.717) is 23.3 Å². The van der Waals surface area contributed by atoms with E-state index in [1.54, 1.807) is 7.11 Å². The molecule has 1 aromatic heterocycles. The van der Waals surface area contributed by atoms with Gasteiger partial charge in [-0.15, -0.1) is 10.2 Å². The molecule has 118 valence electrons. The van der Waals surface area contributed by atoms with E-state index in [2.05, 4.69) is 37.9 Å². The van der Waals surface area contributed by atoms with Gasteiger partial charge < -0.3 is 13.9 Å². The van der Waals surface area contributed by atoms with Crippen LogP contribution >= 0.6 is 0 Å². The van der Waals surface area contributed by atoms with Crippen LogP contribution in [0.5, 0.6) is 11.5 Å². The fourth-order valence-electron chi connectivity index (χ4n) is 1.66. The van der Waals surface area contributed by atoms with Crippen LogP contribution in [0.4, 0.5) is 0 Å². The van der Waals surface area contributed by atoms with Gasteiger partial charge in [0.15, 0.2) is 18.1 Å². The van der Waals surface area contributed by atoms with Crippen LogP contribution in [-0.4, -0.2) is 17.3 Å². The molecule has 1 aromatic carbocycles. The lowest BCUT2D eigenvalue weighted by Crippen LogP contribution is -2.05. The summed E-state index contributed by atoms with van der Waals surface area (Å²) < 4.78 is 16.5. The molecule has 0 amide bonds. The van der Waals surface area contributed by atoms with E-state index in [4.69, 9.17) is 13.9 Å². The van der Waals surface area contributed by atoms with Crippen molar-refractivity contribution in [2.75, 3.05) is 7.11 Å². The maximum Gasteiger partial charge on any atom is 0.254 e. The lowest BCUT2D eigenvalue weighted by Gasteiger charge is -2.18. The van der Waals surface area contributed by atoms with Gasteiger partial charge in [0, 0.05) is 6.08 Å². The van der Waals surface area contributed by atoms with Crippen LogP contribution in [0.2, 0.25) is 0 Å². The van der Waals surface area contributed by atoms with Crippen LogP contribution in [0.25, 0.3) is 6.08 Å². The van der Waals surface area contributed by atoms with Gasteiger partial charge in [0.05, 0.1) is 7.11 Å². The summed E-state index contributed by atoms with van der Waals surface area (Å²) in [4.78, 5) is 0. The van der Waals surface area contributed by atoms with Crippen molar-refractivity contribution >= 4 is 6.08 Å². The molecule has 0 aliphatic rings. The van der Waals surface area contributed by atoms with Crippen LogP contribution < -0.4 is 9.47 Å². The van der Waals surface area contributed by atoms with Gasteiger partial charge in [0.2, 0.25) is 5.89 Å². The molecule has 5 nitrogen and oxygen atoms in total. The Morgan fingerprint density at radius 1 is 1.18 bits per heavy atom. The van der Waals surface area contributed by atoms with Crippen LogP contribution in [-0.2, 0) is 6.61 Å². The van der Waals surface area contributed by atoms with Gasteiger partial charge in [-0.2, -0.15) is 0 Å². The molecule has 0 saturated heterocycles. The van der Waals surface area contributed by atoms with E-state index < -0.39 is 0 Å². The predicted molar refractivity (Wildman–Crippen MR) is 84.7 cm³/mol. The number of hydrogen-bond donors (Lipinski definition) is 0. The molecule has 0 unspecified atom stereocenters. The summed E-state index contributed by atoms with van der Waals surface area (Å²) in [6.45, 7) is 8.67. The molecule has 0 spiro atoms. The Hall–Kier alpha value is -2.30. The van der Waals surface area contributed by atoms with Gasteiger partial charge in [-0.05, 0) is 24.5 Å². The van der Waals surface area contributed by atoms with Crippen LogP contribution in [0.1, 0.15) is 39.5 Å². The third kappa shape index (κ3) is 4.10. The van der Waals surface area contributed by atoms with Crippen molar-refractivity contribution in [2.24, 2.45) is 5.41 Å². The number of methoxy groups -OCH3 is 1. The molecule has 0 N–H and O–H groups in total. The van der Waals surface area contributed by atoms with Crippen molar-refractivity contribution < 1.29 is 13.9 Å². The predicted octanol–water partition coefficient (Wildman–Crippen LogP) is 4.11. The molecule has 0 fully saturated rings. The quantitative estimate of drug-likeness (QED) is 0.832. The maximum atomic E-state index is 5.66. The van der Waals surface area contributed by atoms with Gasteiger partial charge in [0.25, 0.3) is 5.89 Å². The summed E-state index contributed by atoms with van der Waals surface area (Å²) in [5.74, 6) is 2.24. The molecule has 2 rings (SSSR count). The number of para-hydroxylation sites is 2. The number of aromatic nitrogens is 2. The second kappa shape index (κ2) is 6.64. The highest BCUT2D eigenvalue weighted by Crippen LogP contribution is 2.27. The largest absolute Gasteiger partial charge is 0.493 e. The Bertz CT molecular complexity index is 654. The average molecular weight is 302 g/mol. The zero-order valence-corrected chi connectivity index (χ0v) is 13.7. The van der Waals surface area contributed by atoms with Gasteiger partial charge in [-0.1, -0.05) is 38.5 Å². The van der Waals surface area contributed by atoms with Crippen molar-refractivity contribution in [3.05, 3.63) is 41.6 Å². The smallest absolute Gasteiger partial charge is 0.254 e. The van der Waals surface area contributed by atoms with E-state index >= 15 is 0 Å². The fourth-order valence-corrected chi connectivity index (χ4v) is 1.66.